The number of hydrogen-bond donors (Lipinski definition) is 5. The Morgan fingerprint density at radius 1 is 0.321 bits per heavy atom. The first-order valence-electron chi connectivity index (χ1n) is 14.9. The van der Waals surface area contributed by atoms with Gasteiger partial charge in [0.2, 0.25) is 0 Å². The number of rotatable bonds is 34. The van der Waals surface area contributed by atoms with E-state index in [-0.39, 0.29) is 13.2 Å². The fraction of sp³-hybridized carbons (Fsp3) is 1.00. The van der Waals surface area contributed by atoms with Crippen molar-refractivity contribution in [3.8, 4) is 0 Å². The van der Waals surface area contributed by atoms with E-state index in [1.165, 1.54) is 0 Å². The van der Waals surface area contributed by atoms with Crippen molar-refractivity contribution >= 4 is 0 Å². The van der Waals surface area contributed by atoms with Crippen molar-refractivity contribution in [2.45, 2.75) is 67.2 Å². The summed E-state index contributed by atoms with van der Waals surface area (Å²) in [6, 6.07) is 0. The van der Waals surface area contributed by atoms with Crippen LogP contribution in [-0.2, 0) is 47.4 Å². The molecule has 0 aliphatic rings. The minimum Gasteiger partial charge on any atom is -0.394 e. The molecule has 15 nitrogen and oxygen atoms in total. The van der Waals surface area contributed by atoms with E-state index in [9.17, 15) is 85.6 Å². The summed E-state index contributed by atoms with van der Waals surface area (Å²) in [5, 5.41) is 45.1. The van der Waals surface area contributed by atoms with Crippen molar-refractivity contribution in [2.75, 3.05) is 92.5 Å². The van der Waals surface area contributed by atoms with Crippen LogP contribution in [0.25, 0.3) is 0 Å². The van der Waals surface area contributed by atoms with Crippen LogP contribution >= 0.6 is 0 Å². The SMILES string of the molecule is OCCOCC(O)COCC(F)(F)OC(F)(F)C(F)(F)OC(F)(F)COCC(O)COCC(F)(F)OC(F)(F)C(F)(F)OC(F)(F)COCC(O)COCCO. The second kappa shape index (κ2) is 23.2. The van der Waals surface area contributed by atoms with E-state index in [1.54, 1.807) is 0 Å². The zero-order valence-electron chi connectivity index (χ0n) is 28.0. The van der Waals surface area contributed by atoms with E-state index < -0.39 is 146 Å². The summed E-state index contributed by atoms with van der Waals surface area (Å²) in [6.45, 7) is -17.7. The van der Waals surface area contributed by atoms with E-state index in [2.05, 4.69) is 47.4 Å². The smallest absolute Gasteiger partial charge is 0.394 e. The van der Waals surface area contributed by atoms with E-state index in [4.69, 9.17) is 10.2 Å². The molecule has 0 radical (unpaired) electrons. The van der Waals surface area contributed by atoms with Gasteiger partial charge in [-0.3, -0.25) is 0 Å². The highest BCUT2D eigenvalue weighted by atomic mass is 19.4. The van der Waals surface area contributed by atoms with Gasteiger partial charge < -0.3 is 54.0 Å². The average Bonchev–Trinajstić information content (AvgIpc) is 2.98. The molecule has 0 amide bonds. The largest absolute Gasteiger partial charge is 0.453 e. The summed E-state index contributed by atoms with van der Waals surface area (Å²) in [5.74, 6) is 0. The van der Waals surface area contributed by atoms with Crippen LogP contribution in [0.4, 0.5) is 70.2 Å². The average molecular weight is 881 g/mol. The Morgan fingerprint density at radius 2 is 0.500 bits per heavy atom. The van der Waals surface area contributed by atoms with Gasteiger partial charge in [-0.2, -0.15) is 70.2 Å². The van der Waals surface area contributed by atoms with Crippen molar-refractivity contribution < 1.29 is 143 Å². The Morgan fingerprint density at radius 3 is 0.679 bits per heavy atom. The van der Waals surface area contributed by atoms with Crippen molar-refractivity contribution in [2.24, 2.45) is 0 Å². The zero-order valence-corrected chi connectivity index (χ0v) is 28.0. The number of halogens is 16. The Bertz CT molecular complexity index is 1000. The molecule has 0 rings (SSSR count). The van der Waals surface area contributed by atoms with Crippen LogP contribution in [0, 0.1) is 0 Å². The second-order valence-corrected chi connectivity index (χ2v) is 10.6. The van der Waals surface area contributed by atoms with Crippen molar-refractivity contribution in [3.05, 3.63) is 0 Å². The van der Waals surface area contributed by atoms with E-state index in [1.807, 2.05) is 0 Å². The third-order valence-electron chi connectivity index (χ3n) is 5.20. The molecule has 0 saturated carbocycles. The van der Waals surface area contributed by atoms with Crippen LogP contribution in [0.3, 0.4) is 0 Å². The van der Waals surface area contributed by atoms with E-state index >= 15 is 0 Å². The maximum atomic E-state index is 13.7. The summed E-state index contributed by atoms with van der Waals surface area (Å²) >= 11 is 0. The van der Waals surface area contributed by atoms with Gasteiger partial charge in [-0.05, 0) is 0 Å². The van der Waals surface area contributed by atoms with Gasteiger partial charge in [0, 0.05) is 0 Å². The first-order chi connectivity index (χ1) is 25.3. The Balaban J connectivity index is 4.88. The normalized spacial score (nSPS) is 16.0. The summed E-state index contributed by atoms with van der Waals surface area (Å²) < 4.78 is 254. The molecule has 0 aliphatic carbocycles. The van der Waals surface area contributed by atoms with Gasteiger partial charge in [0.05, 0.1) is 66.1 Å². The first kappa shape index (κ1) is 54.3. The molecule has 31 heteroatoms. The lowest BCUT2D eigenvalue weighted by atomic mass is 10.4. The number of aliphatic hydroxyl groups is 5. The molecule has 2 unspecified atom stereocenters. The summed E-state index contributed by atoms with van der Waals surface area (Å²) in [5.41, 5.74) is 0. The monoisotopic (exact) mass is 880 g/mol. The lowest BCUT2D eigenvalue weighted by Crippen LogP contribution is -2.53. The van der Waals surface area contributed by atoms with Gasteiger partial charge in [-0.25, -0.2) is 18.9 Å². The van der Waals surface area contributed by atoms with Crippen LogP contribution in [-0.4, -0.2) is 185 Å². The maximum Gasteiger partial charge on any atom is 0.453 e. The molecule has 338 valence electrons. The minimum absolute atomic E-state index is 0.312. The highest BCUT2D eigenvalue weighted by molar-refractivity contribution is 4.74. The van der Waals surface area contributed by atoms with Gasteiger partial charge in [0.15, 0.2) is 0 Å². The van der Waals surface area contributed by atoms with Gasteiger partial charge >= 0.3 is 48.9 Å². The number of aliphatic hydroxyl groups excluding tert-OH is 5. The molecular formula is C25H36F16O15. The van der Waals surface area contributed by atoms with Gasteiger partial charge in [0.1, 0.15) is 44.7 Å². The number of hydrogen-bond acceptors (Lipinski definition) is 15. The third kappa shape index (κ3) is 22.4. The Hall–Kier alpha value is -1.72. The van der Waals surface area contributed by atoms with Gasteiger partial charge in [-0.1, -0.05) is 0 Å². The number of alkyl halides is 16. The van der Waals surface area contributed by atoms with E-state index in [0.717, 1.165) is 0 Å². The molecule has 0 aliphatic heterocycles. The minimum atomic E-state index is -6.57. The predicted molar refractivity (Wildman–Crippen MR) is 141 cm³/mol. The molecule has 5 N–H and O–H groups in total. The predicted octanol–water partition coefficient (Wildman–Crippen LogP) is 1.96. The Labute approximate surface area is 303 Å². The van der Waals surface area contributed by atoms with Crippen LogP contribution in [0.2, 0.25) is 0 Å². The number of ether oxygens (including phenoxy) is 10. The molecule has 0 spiro atoms. The first-order valence-corrected chi connectivity index (χ1v) is 14.9. The van der Waals surface area contributed by atoms with E-state index in [0.29, 0.717) is 0 Å². The summed E-state index contributed by atoms with van der Waals surface area (Å²) in [6.07, 6.45) is -53.7. The van der Waals surface area contributed by atoms with Crippen LogP contribution in [0.1, 0.15) is 0 Å². The van der Waals surface area contributed by atoms with Crippen LogP contribution in [0.5, 0.6) is 0 Å². The molecule has 56 heavy (non-hydrogen) atoms. The molecule has 0 saturated heterocycles. The highest BCUT2D eigenvalue weighted by Gasteiger charge is 2.68. The third-order valence-corrected chi connectivity index (χ3v) is 5.20. The van der Waals surface area contributed by atoms with Gasteiger partial charge in [-0.15, -0.1) is 0 Å². The zero-order chi connectivity index (χ0) is 43.7. The molecule has 0 heterocycles. The lowest BCUT2D eigenvalue weighted by molar-refractivity contribution is -0.516. The molecule has 0 bridgehead atoms. The molecule has 0 aromatic heterocycles. The van der Waals surface area contributed by atoms with Crippen LogP contribution in [0.15, 0.2) is 0 Å². The standard InChI is InChI=1S/C25H36F16O15/c26-18(27,11-49-7-15(44)5-47-3-1-42)53-22(34,35)24(38,39)55-20(30,31)13-51-9-17(46)10-52-14-21(32,33)56-25(40,41)23(36,37)54-19(28,29)12-50-8-16(45)6-48-4-2-43/h15-17,42-46H,1-14H2. The van der Waals surface area contributed by atoms with Crippen molar-refractivity contribution in [1.82, 2.24) is 0 Å². The van der Waals surface area contributed by atoms with Crippen molar-refractivity contribution in [1.29, 1.82) is 0 Å². The lowest BCUT2D eigenvalue weighted by Gasteiger charge is -2.31. The summed E-state index contributed by atoms with van der Waals surface area (Å²) in [4.78, 5) is 0. The Kier molecular flexibility index (Phi) is 22.5. The maximum absolute atomic E-state index is 13.7. The second-order valence-electron chi connectivity index (χ2n) is 10.6. The van der Waals surface area contributed by atoms with Crippen molar-refractivity contribution in [3.63, 3.8) is 0 Å². The fourth-order valence-electron chi connectivity index (χ4n) is 3.07. The molecule has 0 aromatic carbocycles. The molecule has 2 atom stereocenters. The fourth-order valence-corrected chi connectivity index (χ4v) is 3.07. The highest BCUT2D eigenvalue weighted by Crippen LogP contribution is 2.44. The summed E-state index contributed by atoms with van der Waals surface area (Å²) in [7, 11) is 0. The van der Waals surface area contributed by atoms with Gasteiger partial charge in [0.25, 0.3) is 0 Å². The molecule has 0 aromatic rings. The van der Waals surface area contributed by atoms with Crippen LogP contribution < -0.4 is 0 Å². The molecule has 0 fully saturated rings. The quantitative estimate of drug-likeness (QED) is 0.0465. The molecular weight excluding hydrogens is 844 g/mol. The topological polar surface area (TPSA) is 193 Å².